The quantitative estimate of drug-likeness (QED) is 0.703. The second-order valence-electron chi connectivity index (χ2n) is 6.07. The van der Waals surface area contributed by atoms with Gasteiger partial charge in [0, 0.05) is 6.54 Å². The van der Waals surface area contributed by atoms with Gasteiger partial charge in [-0.2, -0.15) is 0 Å². The lowest BCUT2D eigenvalue weighted by atomic mass is 9.92. The highest BCUT2D eigenvalue weighted by atomic mass is 32.2. The van der Waals surface area contributed by atoms with Gasteiger partial charge in [0.25, 0.3) is 0 Å². The monoisotopic (exact) mass is 249 g/mol. The summed E-state index contributed by atoms with van der Waals surface area (Å²) in [6.07, 6.45) is 1.07. The molecule has 0 heterocycles. The van der Waals surface area contributed by atoms with E-state index < -0.39 is 9.84 Å². The molecule has 0 bridgehead atoms. The Bertz CT molecular complexity index is 276. The summed E-state index contributed by atoms with van der Waals surface area (Å²) in [5, 5.41) is 3.19. The highest BCUT2D eigenvalue weighted by Gasteiger charge is 2.13. The van der Waals surface area contributed by atoms with Crippen LogP contribution in [0, 0.1) is 11.3 Å². The second kappa shape index (κ2) is 6.60. The van der Waals surface area contributed by atoms with Crippen molar-refractivity contribution in [2.24, 2.45) is 11.3 Å². The van der Waals surface area contributed by atoms with Crippen molar-refractivity contribution >= 4 is 9.84 Å². The Hall–Kier alpha value is -0.0900. The SMILES string of the molecule is CC(C)CS(=O)(=O)CCNCCC(C)(C)C. The molecule has 16 heavy (non-hydrogen) atoms. The van der Waals surface area contributed by atoms with Crippen LogP contribution in [0.25, 0.3) is 0 Å². The normalized spacial score (nSPS) is 13.4. The number of nitrogens with one attached hydrogen (secondary N) is 1. The number of hydrogen-bond acceptors (Lipinski definition) is 3. The van der Waals surface area contributed by atoms with Gasteiger partial charge in [-0.1, -0.05) is 34.6 Å². The van der Waals surface area contributed by atoms with Crippen LogP contribution in [-0.2, 0) is 9.84 Å². The Morgan fingerprint density at radius 2 is 1.69 bits per heavy atom. The van der Waals surface area contributed by atoms with Crippen molar-refractivity contribution in [3.8, 4) is 0 Å². The molecule has 0 aromatic heterocycles. The van der Waals surface area contributed by atoms with Gasteiger partial charge in [0.15, 0.2) is 9.84 Å². The molecule has 98 valence electrons. The van der Waals surface area contributed by atoms with E-state index in [1.165, 1.54) is 0 Å². The maximum absolute atomic E-state index is 11.6. The molecular formula is C12H27NO2S. The van der Waals surface area contributed by atoms with Crippen molar-refractivity contribution in [1.29, 1.82) is 0 Å². The fraction of sp³-hybridized carbons (Fsp3) is 1.00. The van der Waals surface area contributed by atoms with E-state index in [0.29, 0.717) is 17.7 Å². The first-order valence-electron chi connectivity index (χ1n) is 6.03. The zero-order valence-electron chi connectivity index (χ0n) is 11.3. The molecule has 0 amide bonds. The van der Waals surface area contributed by atoms with Crippen LogP contribution in [0.5, 0.6) is 0 Å². The number of hydrogen-bond donors (Lipinski definition) is 1. The van der Waals surface area contributed by atoms with E-state index in [-0.39, 0.29) is 11.7 Å². The van der Waals surface area contributed by atoms with Crippen LogP contribution in [0.1, 0.15) is 41.0 Å². The molecule has 3 nitrogen and oxygen atoms in total. The van der Waals surface area contributed by atoms with Crippen LogP contribution in [0.15, 0.2) is 0 Å². The van der Waals surface area contributed by atoms with Crippen molar-refractivity contribution < 1.29 is 8.42 Å². The van der Waals surface area contributed by atoms with Gasteiger partial charge in [-0.15, -0.1) is 0 Å². The Balaban J connectivity index is 3.67. The lowest BCUT2D eigenvalue weighted by molar-refractivity contribution is 0.369. The first kappa shape index (κ1) is 15.9. The molecule has 0 saturated carbocycles. The standard InChI is InChI=1S/C12H27NO2S/c1-11(2)10-16(14,15)9-8-13-7-6-12(3,4)5/h11,13H,6-10H2,1-5H3. The molecule has 0 aliphatic rings. The van der Waals surface area contributed by atoms with Gasteiger partial charge < -0.3 is 5.32 Å². The average molecular weight is 249 g/mol. The van der Waals surface area contributed by atoms with Gasteiger partial charge in [0.2, 0.25) is 0 Å². The van der Waals surface area contributed by atoms with Gasteiger partial charge in [0.05, 0.1) is 11.5 Å². The molecule has 0 aromatic carbocycles. The third kappa shape index (κ3) is 10.4. The molecule has 0 unspecified atom stereocenters. The molecule has 0 saturated heterocycles. The molecule has 0 rings (SSSR count). The summed E-state index contributed by atoms with van der Waals surface area (Å²) in [5.41, 5.74) is 0.309. The maximum Gasteiger partial charge on any atom is 0.151 e. The van der Waals surface area contributed by atoms with Crippen LogP contribution in [0.3, 0.4) is 0 Å². The average Bonchev–Trinajstić information content (AvgIpc) is 1.98. The zero-order chi connectivity index (χ0) is 12.8. The van der Waals surface area contributed by atoms with E-state index in [0.717, 1.165) is 13.0 Å². The fourth-order valence-corrected chi connectivity index (χ4v) is 3.05. The minimum atomic E-state index is -2.86. The summed E-state index contributed by atoms with van der Waals surface area (Å²) < 4.78 is 23.1. The summed E-state index contributed by atoms with van der Waals surface area (Å²) in [6.45, 7) is 11.9. The van der Waals surface area contributed by atoms with E-state index in [2.05, 4.69) is 26.1 Å². The molecule has 0 spiro atoms. The predicted octanol–water partition coefficient (Wildman–Crippen LogP) is 2.08. The second-order valence-corrected chi connectivity index (χ2v) is 8.30. The summed E-state index contributed by atoms with van der Waals surface area (Å²) >= 11 is 0. The third-order valence-corrected chi connectivity index (χ3v) is 4.23. The minimum absolute atomic E-state index is 0.222. The number of rotatable bonds is 7. The van der Waals surface area contributed by atoms with Crippen molar-refractivity contribution in [3.63, 3.8) is 0 Å². The molecule has 0 aliphatic carbocycles. The first-order chi connectivity index (χ1) is 7.12. The van der Waals surface area contributed by atoms with Crippen molar-refractivity contribution in [3.05, 3.63) is 0 Å². The Kier molecular flexibility index (Phi) is 6.56. The van der Waals surface area contributed by atoms with Crippen LogP contribution in [-0.4, -0.2) is 33.0 Å². The predicted molar refractivity (Wildman–Crippen MR) is 70.4 cm³/mol. The number of sulfone groups is 1. The van der Waals surface area contributed by atoms with Gasteiger partial charge >= 0.3 is 0 Å². The molecule has 4 heteroatoms. The Labute approximate surface area is 101 Å². The highest BCUT2D eigenvalue weighted by molar-refractivity contribution is 7.91. The summed E-state index contributed by atoms with van der Waals surface area (Å²) in [7, 11) is -2.86. The zero-order valence-corrected chi connectivity index (χ0v) is 12.2. The third-order valence-electron chi connectivity index (χ3n) is 2.23. The Morgan fingerprint density at radius 1 is 1.12 bits per heavy atom. The first-order valence-corrected chi connectivity index (χ1v) is 7.86. The Morgan fingerprint density at radius 3 is 2.12 bits per heavy atom. The van der Waals surface area contributed by atoms with Crippen LogP contribution >= 0.6 is 0 Å². The molecule has 0 radical (unpaired) electrons. The topological polar surface area (TPSA) is 46.2 Å². The molecular weight excluding hydrogens is 222 g/mol. The van der Waals surface area contributed by atoms with Crippen molar-refractivity contribution in [1.82, 2.24) is 5.32 Å². The smallest absolute Gasteiger partial charge is 0.151 e. The fourth-order valence-electron chi connectivity index (χ4n) is 1.41. The largest absolute Gasteiger partial charge is 0.316 e. The summed E-state index contributed by atoms with van der Waals surface area (Å²) in [5.74, 6) is 0.781. The molecule has 1 N–H and O–H groups in total. The van der Waals surface area contributed by atoms with Crippen molar-refractivity contribution in [2.75, 3.05) is 24.6 Å². The van der Waals surface area contributed by atoms with Crippen LogP contribution < -0.4 is 5.32 Å². The maximum atomic E-state index is 11.6. The van der Waals surface area contributed by atoms with Gasteiger partial charge in [-0.05, 0) is 24.3 Å². The van der Waals surface area contributed by atoms with E-state index in [9.17, 15) is 8.42 Å². The lowest BCUT2D eigenvalue weighted by Gasteiger charge is -2.18. The molecule has 0 aromatic rings. The molecule has 0 atom stereocenters. The van der Waals surface area contributed by atoms with Gasteiger partial charge in [-0.25, -0.2) is 8.42 Å². The van der Waals surface area contributed by atoms with E-state index in [4.69, 9.17) is 0 Å². The minimum Gasteiger partial charge on any atom is -0.316 e. The van der Waals surface area contributed by atoms with Crippen LogP contribution in [0.4, 0.5) is 0 Å². The molecule has 0 fully saturated rings. The van der Waals surface area contributed by atoms with E-state index >= 15 is 0 Å². The van der Waals surface area contributed by atoms with Crippen molar-refractivity contribution in [2.45, 2.75) is 41.0 Å². The summed E-state index contributed by atoms with van der Waals surface area (Å²) in [6, 6.07) is 0. The molecule has 0 aliphatic heterocycles. The van der Waals surface area contributed by atoms with E-state index in [1.807, 2.05) is 13.8 Å². The highest BCUT2D eigenvalue weighted by Crippen LogP contribution is 2.16. The van der Waals surface area contributed by atoms with E-state index in [1.54, 1.807) is 0 Å². The van der Waals surface area contributed by atoms with Crippen LogP contribution in [0.2, 0.25) is 0 Å². The lowest BCUT2D eigenvalue weighted by Crippen LogP contribution is -2.28. The summed E-state index contributed by atoms with van der Waals surface area (Å²) in [4.78, 5) is 0. The van der Waals surface area contributed by atoms with Gasteiger partial charge in [-0.3, -0.25) is 0 Å². The van der Waals surface area contributed by atoms with Gasteiger partial charge in [0.1, 0.15) is 0 Å².